The van der Waals surface area contributed by atoms with Gasteiger partial charge in [0.2, 0.25) is 15.9 Å². The van der Waals surface area contributed by atoms with E-state index in [2.05, 4.69) is 15.3 Å². The Morgan fingerprint density at radius 2 is 2.03 bits per heavy atom. The van der Waals surface area contributed by atoms with Crippen LogP contribution in [0.5, 0.6) is 0 Å². The van der Waals surface area contributed by atoms with Crippen molar-refractivity contribution in [2.45, 2.75) is 11.3 Å². The van der Waals surface area contributed by atoms with Crippen molar-refractivity contribution in [2.75, 3.05) is 31.6 Å². The summed E-state index contributed by atoms with van der Waals surface area (Å²) in [7, 11) is -3.62. The maximum atomic E-state index is 12.8. The molecule has 1 saturated heterocycles. The number of benzene rings is 1. The molecule has 10 heteroatoms. The van der Waals surface area contributed by atoms with Gasteiger partial charge in [-0.05, 0) is 30.3 Å². The first-order chi connectivity index (χ1) is 14.5. The molecule has 156 valence electrons. The first-order valence-corrected chi connectivity index (χ1v) is 11.7. The largest absolute Gasteiger partial charge is 0.379 e. The van der Waals surface area contributed by atoms with Crippen LogP contribution in [0.4, 0.5) is 5.69 Å². The van der Waals surface area contributed by atoms with Crippen molar-refractivity contribution in [3.05, 3.63) is 59.9 Å². The molecule has 0 unspecified atom stereocenters. The Morgan fingerprint density at radius 3 is 2.80 bits per heavy atom. The number of carbonyl (C=O) groups is 1. The second kappa shape index (κ2) is 9.00. The van der Waals surface area contributed by atoms with E-state index in [1.807, 2.05) is 17.5 Å². The molecule has 1 aliphatic rings. The fourth-order valence-corrected chi connectivity index (χ4v) is 5.31. The van der Waals surface area contributed by atoms with Crippen molar-refractivity contribution in [2.24, 2.45) is 0 Å². The lowest BCUT2D eigenvalue weighted by molar-refractivity contribution is -0.115. The lowest BCUT2D eigenvalue weighted by atomic mass is 10.2. The van der Waals surface area contributed by atoms with Gasteiger partial charge < -0.3 is 10.1 Å². The summed E-state index contributed by atoms with van der Waals surface area (Å²) >= 11 is 1.45. The van der Waals surface area contributed by atoms with Crippen LogP contribution >= 0.6 is 11.3 Å². The zero-order valence-corrected chi connectivity index (χ0v) is 17.7. The summed E-state index contributed by atoms with van der Waals surface area (Å²) in [5.41, 5.74) is 1.97. The van der Waals surface area contributed by atoms with Gasteiger partial charge in [0, 0.05) is 42.1 Å². The number of ether oxygens (including phenoxy) is 1. The molecular formula is C20H20N4O4S2. The summed E-state index contributed by atoms with van der Waals surface area (Å²) in [5.74, 6) is -0.265. The Hall–Kier alpha value is -2.66. The molecule has 1 fully saturated rings. The Balaban J connectivity index is 1.43. The van der Waals surface area contributed by atoms with E-state index in [4.69, 9.17) is 4.74 Å². The summed E-state index contributed by atoms with van der Waals surface area (Å²) < 4.78 is 32.2. The van der Waals surface area contributed by atoms with Crippen molar-refractivity contribution in [1.29, 1.82) is 0 Å². The van der Waals surface area contributed by atoms with Crippen LogP contribution in [0, 0.1) is 0 Å². The second-order valence-corrected chi connectivity index (χ2v) is 9.45. The highest BCUT2D eigenvalue weighted by molar-refractivity contribution is 7.89. The number of sulfonamides is 1. The highest BCUT2D eigenvalue weighted by Crippen LogP contribution is 2.24. The third-order valence-electron chi connectivity index (χ3n) is 4.53. The number of aromatic nitrogens is 2. The predicted molar refractivity (Wildman–Crippen MR) is 114 cm³/mol. The van der Waals surface area contributed by atoms with Gasteiger partial charge in [0.25, 0.3) is 0 Å². The molecule has 1 N–H and O–H groups in total. The van der Waals surface area contributed by atoms with Crippen LogP contribution in [-0.4, -0.2) is 54.9 Å². The number of anilines is 1. The monoisotopic (exact) mass is 444 g/mol. The summed E-state index contributed by atoms with van der Waals surface area (Å²) in [6.07, 6.45) is 3.51. The van der Waals surface area contributed by atoms with Crippen molar-refractivity contribution < 1.29 is 17.9 Å². The molecule has 1 amide bonds. The van der Waals surface area contributed by atoms with E-state index in [1.54, 1.807) is 24.5 Å². The summed E-state index contributed by atoms with van der Waals surface area (Å²) in [4.78, 5) is 21.2. The Bertz CT molecular complexity index is 1130. The molecule has 4 rings (SSSR count). The van der Waals surface area contributed by atoms with Crippen molar-refractivity contribution in [3.63, 3.8) is 0 Å². The molecule has 2 aromatic heterocycles. The molecule has 0 aliphatic carbocycles. The molecule has 3 heterocycles. The van der Waals surface area contributed by atoms with Gasteiger partial charge in [-0.1, -0.05) is 6.07 Å². The van der Waals surface area contributed by atoms with Crippen LogP contribution in [0.25, 0.3) is 10.6 Å². The van der Waals surface area contributed by atoms with Crippen LogP contribution in [0.3, 0.4) is 0 Å². The molecule has 30 heavy (non-hydrogen) atoms. The molecule has 1 aliphatic heterocycles. The van der Waals surface area contributed by atoms with Crippen molar-refractivity contribution in [3.8, 4) is 10.6 Å². The smallest absolute Gasteiger partial charge is 0.243 e. The minimum absolute atomic E-state index is 0.0944. The van der Waals surface area contributed by atoms with Gasteiger partial charge >= 0.3 is 0 Å². The van der Waals surface area contributed by atoms with Crippen LogP contribution in [0.2, 0.25) is 0 Å². The molecule has 0 spiro atoms. The van der Waals surface area contributed by atoms with Crippen LogP contribution in [0.15, 0.2) is 59.1 Å². The summed E-state index contributed by atoms with van der Waals surface area (Å²) in [6, 6.07) is 10.0. The number of thiazole rings is 1. The van der Waals surface area contributed by atoms with E-state index in [-0.39, 0.29) is 17.2 Å². The first kappa shape index (κ1) is 20.6. The molecule has 8 nitrogen and oxygen atoms in total. The zero-order valence-electron chi connectivity index (χ0n) is 16.0. The van der Waals surface area contributed by atoms with Crippen molar-refractivity contribution in [1.82, 2.24) is 14.3 Å². The number of pyridine rings is 1. The number of nitrogens with one attached hydrogen (secondary N) is 1. The van der Waals surface area contributed by atoms with Crippen LogP contribution in [0.1, 0.15) is 5.69 Å². The molecule has 3 aromatic rings. The van der Waals surface area contributed by atoms with Gasteiger partial charge in [0.05, 0.1) is 30.2 Å². The number of hydrogen-bond donors (Lipinski definition) is 1. The van der Waals surface area contributed by atoms with E-state index in [0.717, 1.165) is 10.6 Å². The molecule has 0 atom stereocenters. The normalized spacial score (nSPS) is 15.1. The fourth-order valence-electron chi connectivity index (χ4n) is 3.05. The molecule has 0 saturated carbocycles. The van der Waals surface area contributed by atoms with E-state index < -0.39 is 10.0 Å². The van der Waals surface area contributed by atoms with E-state index in [0.29, 0.717) is 37.7 Å². The van der Waals surface area contributed by atoms with Gasteiger partial charge in [-0.2, -0.15) is 4.31 Å². The van der Waals surface area contributed by atoms with Gasteiger partial charge in [0.1, 0.15) is 5.01 Å². The average molecular weight is 445 g/mol. The minimum Gasteiger partial charge on any atom is -0.379 e. The van der Waals surface area contributed by atoms with Gasteiger partial charge in [0.15, 0.2) is 0 Å². The van der Waals surface area contributed by atoms with Crippen LogP contribution in [-0.2, 0) is 26.0 Å². The fraction of sp³-hybridized carbons (Fsp3) is 0.250. The minimum atomic E-state index is -3.62. The number of rotatable bonds is 6. The number of hydrogen-bond acceptors (Lipinski definition) is 7. The van der Waals surface area contributed by atoms with Crippen molar-refractivity contribution >= 4 is 33.0 Å². The van der Waals surface area contributed by atoms with E-state index >= 15 is 0 Å². The lowest BCUT2D eigenvalue weighted by Crippen LogP contribution is -2.40. The number of nitrogens with zero attached hydrogens (tertiary/aromatic N) is 3. The summed E-state index contributed by atoms with van der Waals surface area (Å²) in [5, 5.41) is 5.39. The molecular weight excluding hydrogens is 424 g/mol. The molecule has 1 aromatic carbocycles. The Kier molecular flexibility index (Phi) is 6.18. The lowest BCUT2D eigenvalue weighted by Gasteiger charge is -2.26. The number of carbonyl (C=O) groups excluding carboxylic acids is 1. The van der Waals surface area contributed by atoms with Gasteiger partial charge in [-0.25, -0.2) is 13.4 Å². The third-order valence-corrected chi connectivity index (χ3v) is 7.36. The maximum absolute atomic E-state index is 12.8. The SMILES string of the molecule is O=C(Cc1csc(-c2cccnc2)n1)Nc1cccc(S(=O)(=O)N2CCOCC2)c1. The van der Waals surface area contributed by atoms with Gasteiger partial charge in [-0.3, -0.25) is 9.78 Å². The Labute approximate surface area is 178 Å². The molecule has 0 bridgehead atoms. The topological polar surface area (TPSA) is 101 Å². The first-order valence-electron chi connectivity index (χ1n) is 9.35. The quantitative estimate of drug-likeness (QED) is 0.627. The molecule has 0 radical (unpaired) electrons. The van der Waals surface area contributed by atoms with Gasteiger partial charge in [-0.15, -0.1) is 11.3 Å². The Morgan fingerprint density at radius 1 is 1.20 bits per heavy atom. The average Bonchev–Trinajstić information content (AvgIpc) is 3.23. The second-order valence-electron chi connectivity index (χ2n) is 6.65. The maximum Gasteiger partial charge on any atom is 0.243 e. The zero-order chi connectivity index (χ0) is 21.0. The summed E-state index contributed by atoms with van der Waals surface area (Å²) in [6.45, 7) is 1.40. The number of morpholine rings is 1. The number of amides is 1. The van der Waals surface area contributed by atoms with Crippen LogP contribution < -0.4 is 5.32 Å². The van der Waals surface area contributed by atoms with E-state index in [9.17, 15) is 13.2 Å². The third kappa shape index (κ3) is 4.73. The standard InChI is InChI=1S/C20H20N4O4S2/c25-19(12-17-14-29-20(23-17)15-3-2-6-21-13-15)22-16-4-1-5-18(11-16)30(26,27)24-7-9-28-10-8-24/h1-6,11,13-14H,7-10,12H2,(H,22,25). The predicted octanol–water partition coefficient (Wildman–Crippen LogP) is 2.41. The van der Waals surface area contributed by atoms with E-state index in [1.165, 1.54) is 27.8 Å². The highest BCUT2D eigenvalue weighted by Gasteiger charge is 2.26. The highest BCUT2D eigenvalue weighted by atomic mass is 32.2.